The van der Waals surface area contributed by atoms with Gasteiger partial charge in [0.1, 0.15) is 11.6 Å². The first-order valence-corrected chi connectivity index (χ1v) is 6.69. The first-order valence-electron chi connectivity index (χ1n) is 5.88. The van der Waals surface area contributed by atoms with Crippen molar-refractivity contribution in [3.63, 3.8) is 0 Å². The monoisotopic (exact) mass is 269 g/mol. The lowest BCUT2D eigenvalue weighted by Gasteiger charge is -2.22. The van der Waals surface area contributed by atoms with Crippen LogP contribution in [0.2, 0.25) is 0 Å². The van der Waals surface area contributed by atoms with E-state index in [0.29, 0.717) is 6.61 Å². The highest BCUT2D eigenvalue weighted by Gasteiger charge is 2.18. The molecule has 8 heteroatoms. The van der Waals surface area contributed by atoms with Crippen LogP contribution >= 0.6 is 11.3 Å². The molecule has 0 radical (unpaired) electrons. The van der Waals surface area contributed by atoms with Crippen LogP contribution in [0.4, 0.5) is 0 Å². The van der Waals surface area contributed by atoms with Crippen molar-refractivity contribution in [2.75, 3.05) is 26.8 Å². The van der Waals surface area contributed by atoms with Crippen molar-refractivity contribution in [2.24, 2.45) is 0 Å². The molecule has 1 aliphatic rings. The molecule has 0 aromatic carbocycles. The van der Waals surface area contributed by atoms with Gasteiger partial charge in [-0.25, -0.2) is 0 Å². The van der Waals surface area contributed by atoms with Crippen LogP contribution in [0.25, 0.3) is 4.96 Å². The van der Waals surface area contributed by atoms with Gasteiger partial charge >= 0.3 is 0 Å². The van der Waals surface area contributed by atoms with E-state index in [0.717, 1.165) is 41.9 Å². The maximum Gasteiger partial charge on any atom is 0.234 e. The zero-order valence-corrected chi connectivity index (χ0v) is 10.9. The normalized spacial score (nSPS) is 20.6. The average Bonchev–Trinajstić information content (AvgIpc) is 2.93. The summed E-state index contributed by atoms with van der Waals surface area (Å²) in [5.41, 5.74) is 0. The lowest BCUT2D eigenvalue weighted by molar-refractivity contribution is 0.0291. The summed E-state index contributed by atoms with van der Waals surface area (Å²) in [4.78, 5) is 0.806. The number of aromatic nitrogens is 4. The van der Waals surface area contributed by atoms with Crippen molar-refractivity contribution in [1.29, 1.82) is 0 Å². The fourth-order valence-corrected chi connectivity index (χ4v) is 2.86. The molecule has 0 saturated carbocycles. The smallest absolute Gasteiger partial charge is 0.234 e. The number of morpholine rings is 1. The van der Waals surface area contributed by atoms with Crippen LogP contribution in [0.15, 0.2) is 0 Å². The van der Waals surface area contributed by atoms with E-state index in [-0.39, 0.29) is 6.10 Å². The van der Waals surface area contributed by atoms with Gasteiger partial charge in [0, 0.05) is 26.6 Å². The Bertz CT molecular complexity index is 519. The Hall–Kier alpha value is -1.09. The second-order valence-corrected chi connectivity index (χ2v) is 5.18. The van der Waals surface area contributed by atoms with Crippen molar-refractivity contribution in [3.05, 3.63) is 10.8 Å². The second kappa shape index (κ2) is 5.27. The van der Waals surface area contributed by atoms with E-state index in [1.54, 1.807) is 23.0 Å². The fraction of sp³-hybridized carbons (Fsp3) is 0.700. The maximum atomic E-state index is 5.67. The van der Waals surface area contributed by atoms with Crippen molar-refractivity contribution < 1.29 is 9.47 Å². The summed E-state index contributed by atoms with van der Waals surface area (Å²) in [6.07, 6.45) is 1.02. The largest absolute Gasteiger partial charge is 0.377 e. The molecule has 1 saturated heterocycles. The molecule has 98 valence electrons. The Balaban J connectivity index is 1.76. The van der Waals surface area contributed by atoms with Gasteiger partial charge in [0.05, 0.1) is 12.7 Å². The number of hydrogen-bond donors (Lipinski definition) is 1. The quantitative estimate of drug-likeness (QED) is 0.833. The zero-order valence-electron chi connectivity index (χ0n) is 10.1. The van der Waals surface area contributed by atoms with Gasteiger partial charge in [0.2, 0.25) is 4.96 Å². The van der Waals surface area contributed by atoms with E-state index >= 15 is 0 Å². The Kier molecular flexibility index (Phi) is 3.50. The highest BCUT2D eigenvalue weighted by atomic mass is 32.1. The molecule has 1 N–H and O–H groups in total. The Morgan fingerprint density at radius 3 is 3.28 bits per heavy atom. The summed E-state index contributed by atoms with van der Waals surface area (Å²) in [7, 11) is 1.63. The van der Waals surface area contributed by atoms with Gasteiger partial charge in [-0.05, 0) is 0 Å². The SMILES string of the molecule is COCc1nnc2sc(CC3CNCCO3)nn12. The Labute approximate surface area is 108 Å². The lowest BCUT2D eigenvalue weighted by Crippen LogP contribution is -2.39. The minimum atomic E-state index is 0.202. The van der Waals surface area contributed by atoms with Crippen LogP contribution in [-0.4, -0.2) is 52.7 Å². The van der Waals surface area contributed by atoms with Gasteiger partial charge in [-0.15, -0.1) is 10.2 Å². The van der Waals surface area contributed by atoms with Crippen LogP contribution in [0.5, 0.6) is 0 Å². The first-order chi connectivity index (χ1) is 8.86. The summed E-state index contributed by atoms with van der Waals surface area (Å²) in [6.45, 7) is 3.00. The van der Waals surface area contributed by atoms with Crippen molar-refractivity contribution in [2.45, 2.75) is 19.1 Å². The Morgan fingerprint density at radius 1 is 1.56 bits per heavy atom. The van der Waals surface area contributed by atoms with Crippen molar-refractivity contribution in [3.8, 4) is 0 Å². The maximum absolute atomic E-state index is 5.67. The predicted molar refractivity (Wildman–Crippen MR) is 65.7 cm³/mol. The molecule has 3 rings (SSSR count). The zero-order chi connectivity index (χ0) is 12.4. The average molecular weight is 269 g/mol. The number of fused-ring (bicyclic) bond motifs is 1. The molecule has 0 aliphatic carbocycles. The molecule has 1 atom stereocenters. The molecule has 18 heavy (non-hydrogen) atoms. The summed E-state index contributed by atoms with van der Waals surface area (Å²) >= 11 is 1.55. The molecule has 2 aromatic heterocycles. The summed E-state index contributed by atoms with van der Waals surface area (Å²) in [5, 5.41) is 16.9. The lowest BCUT2D eigenvalue weighted by atomic mass is 10.2. The predicted octanol–water partition coefficient (Wildman–Crippen LogP) is -0.137. The molecule has 1 aliphatic heterocycles. The van der Waals surface area contributed by atoms with Gasteiger partial charge in [0.15, 0.2) is 5.82 Å². The van der Waals surface area contributed by atoms with E-state index in [2.05, 4.69) is 20.6 Å². The summed E-state index contributed by atoms with van der Waals surface area (Å²) < 4.78 is 12.5. The van der Waals surface area contributed by atoms with E-state index in [4.69, 9.17) is 9.47 Å². The Morgan fingerprint density at radius 2 is 2.50 bits per heavy atom. The fourth-order valence-electron chi connectivity index (χ4n) is 1.94. The molecule has 2 aromatic rings. The highest BCUT2D eigenvalue weighted by Crippen LogP contribution is 2.17. The molecule has 0 amide bonds. The van der Waals surface area contributed by atoms with Gasteiger partial charge in [-0.1, -0.05) is 11.3 Å². The van der Waals surface area contributed by atoms with Crippen LogP contribution in [0, 0.1) is 0 Å². The van der Waals surface area contributed by atoms with Crippen LogP contribution in [0.3, 0.4) is 0 Å². The minimum Gasteiger partial charge on any atom is -0.377 e. The highest BCUT2D eigenvalue weighted by molar-refractivity contribution is 7.16. The number of hydrogen-bond acceptors (Lipinski definition) is 7. The second-order valence-electron chi connectivity index (χ2n) is 4.14. The number of nitrogens with zero attached hydrogens (tertiary/aromatic N) is 4. The van der Waals surface area contributed by atoms with Gasteiger partial charge in [-0.2, -0.15) is 9.61 Å². The molecular formula is C10H15N5O2S. The van der Waals surface area contributed by atoms with E-state index in [1.807, 2.05) is 0 Å². The van der Waals surface area contributed by atoms with Gasteiger partial charge < -0.3 is 14.8 Å². The first kappa shape index (κ1) is 12.0. The molecule has 1 fully saturated rings. The molecule has 1 unspecified atom stereocenters. The molecule has 0 bridgehead atoms. The van der Waals surface area contributed by atoms with Crippen LogP contribution < -0.4 is 5.32 Å². The number of rotatable bonds is 4. The van der Waals surface area contributed by atoms with Crippen molar-refractivity contribution in [1.82, 2.24) is 25.1 Å². The number of nitrogens with one attached hydrogen (secondary N) is 1. The third-order valence-electron chi connectivity index (χ3n) is 2.78. The summed E-state index contributed by atoms with van der Waals surface area (Å²) in [5.74, 6) is 0.734. The minimum absolute atomic E-state index is 0.202. The van der Waals surface area contributed by atoms with E-state index in [1.165, 1.54) is 0 Å². The molecule has 7 nitrogen and oxygen atoms in total. The van der Waals surface area contributed by atoms with Crippen molar-refractivity contribution >= 4 is 16.3 Å². The molecular weight excluding hydrogens is 254 g/mol. The van der Waals surface area contributed by atoms with E-state index < -0.39 is 0 Å². The third kappa shape index (κ3) is 2.37. The van der Waals surface area contributed by atoms with Crippen LogP contribution in [0.1, 0.15) is 10.8 Å². The van der Waals surface area contributed by atoms with Gasteiger partial charge in [0.25, 0.3) is 0 Å². The van der Waals surface area contributed by atoms with Gasteiger partial charge in [-0.3, -0.25) is 0 Å². The number of methoxy groups -OCH3 is 1. The topological polar surface area (TPSA) is 73.6 Å². The summed E-state index contributed by atoms with van der Waals surface area (Å²) in [6, 6.07) is 0. The molecule has 0 spiro atoms. The standard InChI is InChI=1S/C10H15N5O2S/c1-16-6-8-12-13-10-15(8)14-9(18-10)4-7-5-11-2-3-17-7/h7,11H,2-6H2,1H3. The third-order valence-corrected chi connectivity index (χ3v) is 3.70. The van der Waals surface area contributed by atoms with Crippen LogP contribution in [-0.2, 0) is 22.5 Å². The molecule has 3 heterocycles. The van der Waals surface area contributed by atoms with E-state index in [9.17, 15) is 0 Å². The number of ether oxygens (including phenoxy) is 2.